The smallest absolute Gasteiger partial charge is 0.257 e. The molecule has 1 amide bonds. The molecule has 160 valence electrons. The minimum atomic E-state index is -0.411. The number of hydrogen-bond acceptors (Lipinski definition) is 5. The van der Waals surface area contributed by atoms with Gasteiger partial charge in [-0.15, -0.1) is 0 Å². The van der Waals surface area contributed by atoms with Crippen LogP contribution in [0.1, 0.15) is 48.4 Å². The van der Waals surface area contributed by atoms with Crippen molar-refractivity contribution in [1.82, 2.24) is 9.97 Å². The van der Waals surface area contributed by atoms with E-state index in [0.29, 0.717) is 28.0 Å². The van der Waals surface area contributed by atoms with Crippen molar-refractivity contribution in [3.8, 4) is 5.75 Å². The molecule has 0 radical (unpaired) electrons. The standard InChI is InChI=1S/C24H25N3O3S/c1-14(2)30-19-10-5-4-9-17(19)18-12-20(28)25-22-21(18)23(29)27-24(26-22)31-13-16-8-6-7-15(3)11-16/h4-11,14,18H,12-13H2,1-3H3,(H2,25,26,27,28,29). The number of nitrogens with zero attached hydrogens (tertiary/aromatic N) is 1. The van der Waals surface area contributed by atoms with Gasteiger partial charge >= 0.3 is 0 Å². The Morgan fingerprint density at radius 2 is 1.97 bits per heavy atom. The van der Waals surface area contributed by atoms with Crippen molar-refractivity contribution in [2.45, 2.75) is 50.1 Å². The Bertz CT molecular complexity index is 1170. The number of carbonyl (C=O) groups excluding carboxylic acids is 1. The Morgan fingerprint density at radius 1 is 1.16 bits per heavy atom. The van der Waals surface area contributed by atoms with Gasteiger partial charge in [-0.25, -0.2) is 4.98 Å². The van der Waals surface area contributed by atoms with E-state index in [0.717, 1.165) is 11.1 Å². The third kappa shape index (κ3) is 4.82. The first-order valence-corrected chi connectivity index (χ1v) is 11.3. The number of rotatable bonds is 6. The minimum absolute atomic E-state index is 0.0187. The Morgan fingerprint density at radius 3 is 2.74 bits per heavy atom. The molecule has 31 heavy (non-hydrogen) atoms. The largest absolute Gasteiger partial charge is 0.491 e. The molecule has 1 aliphatic rings. The molecule has 7 heteroatoms. The van der Waals surface area contributed by atoms with Crippen molar-refractivity contribution < 1.29 is 9.53 Å². The van der Waals surface area contributed by atoms with E-state index in [4.69, 9.17) is 4.74 Å². The zero-order valence-corrected chi connectivity index (χ0v) is 18.6. The van der Waals surface area contributed by atoms with Crippen molar-refractivity contribution >= 4 is 23.5 Å². The van der Waals surface area contributed by atoms with Crippen molar-refractivity contribution in [1.29, 1.82) is 0 Å². The molecule has 1 atom stereocenters. The van der Waals surface area contributed by atoms with Crippen molar-refractivity contribution in [2.24, 2.45) is 0 Å². The number of fused-ring (bicyclic) bond motifs is 1. The summed E-state index contributed by atoms with van der Waals surface area (Å²) in [5, 5.41) is 3.27. The molecule has 1 unspecified atom stereocenters. The van der Waals surface area contributed by atoms with Crippen LogP contribution < -0.4 is 15.6 Å². The summed E-state index contributed by atoms with van der Waals surface area (Å²) in [5.74, 6) is 1.11. The molecule has 6 nitrogen and oxygen atoms in total. The summed E-state index contributed by atoms with van der Waals surface area (Å²) in [6.45, 7) is 5.94. The zero-order chi connectivity index (χ0) is 22.0. The first-order chi connectivity index (χ1) is 14.9. The van der Waals surface area contributed by atoms with Crippen LogP contribution in [-0.2, 0) is 10.5 Å². The van der Waals surface area contributed by atoms with Gasteiger partial charge in [0.05, 0.1) is 11.7 Å². The number of hydrogen-bond donors (Lipinski definition) is 2. The molecule has 1 aliphatic heterocycles. The molecule has 0 aliphatic carbocycles. The van der Waals surface area contributed by atoms with Crippen LogP contribution in [0.15, 0.2) is 58.5 Å². The predicted octanol–water partition coefficient (Wildman–Crippen LogP) is 4.63. The summed E-state index contributed by atoms with van der Waals surface area (Å²) in [5.41, 5.74) is 3.38. The fourth-order valence-corrected chi connectivity index (χ4v) is 4.57. The number of carbonyl (C=O) groups is 1. The molecule has 0 saturated heterocycles. The number of aromatic amines is 1. The van der Waals surface area contributed by atoms with E-state index in [2.05, 4.69) is 21.4 Å². The third-order valence-electron chi connectivity index (χ3n) is 5.04. The highest BCUT2D eigenvalue weighted by atomic mass is 32.2. The van der Waals surface area contributed by atoms with E-state index < -0.39 is 5.92 Å². The summed E-state index contributed by atoms with van der Waals surface area (Å²) < 4.78 is 5.94. The second-order valence-corrected chi connectivity index (χ2v) is 8.88. The van der Waals surface area contributed by atoms with Crippen LogP contribution >= 0.6 is 11.8 Å². The minimum Gasteiger partial charge on any atom is -0.491 e. The van der Waals surface area contributed by atoms with Gasteiger partial charge in [0.1, 0.15) is 11.6 Å². The number of anilines is 1. The number of nitrogens with one attached hydrogen (secondary N) is 2. The van der Waals surface area contributed by atoms with Gasteiger partial charge in [-0.2, -0.15) is 0 Å². The van der Waals surface area contributed by atoms with E-state index in [-0.39, 0.29) is 24.0 Å². The number of thioether (sulfide) groups is 1. The number of H-pyrrole nitrogens is 1. The van der Waals surface area contributed by atoms with Crippen LogP contribution in [0.3, 0.4) is 0 Å². The van der Waals surface area contributed by atoms with E-state index in [1.165, 1.54) is 17.3 Å². The number of para-hydroxylation sites is 1. The van der Waals surface area contributed by atoms with Gasteiger partial charge in [0.2, 0.25) is 5.91 Å². The van der Waals surface area contributed by atoms with Gasteiger partial charge in [-0.1, -0.05) is 59.8 Å². The Kier molecular flexibility index (Phi) is 6.13. The van der Waals surface area contributed by atoms with Crippen molar-refractivity contribution in [3.05, 3.63) is 81.1 Å². The first-order valence-electron chi connectivity index (χ1n) is 10.3. The van der Waals surface area contributed by atoms with E-state index in [1.807, 2.05) is 63.2 Å². The first kappa shape index (κ1) is 21.2. The average Bonchev–Trinajstić information content (AvgIpc) is 2.71. The maximum atomic E-state index is 13.1. The monoisotopic (exact) mass is 435 g/mol. The lowest BCUT2D eigenvalue weighted by Gasteiger charge is -2.26. The molecular formula is C24H25N3O3S. The molecular weight excluding hydrogens is 410 g/mol. The van der Waals surface area contributed by atoms with Crippen LogP contribution in [0.25, 0.3) is 0 Å². The molecule has 2 N–H and O–H groups in total. The second-order valence-electron chi connectivity index (χ2n) is 7.92. The number of benzene rings is 2. The normalized spacial score (nSPS) is 15.5. The summed E-state index contributed by atoms with van der Waals surface area (Å²) >= 11 is 1.44. The summed E-state index contributed by atoms with van der Waals surface area (Å²) in [6.07, 6.45) is 0.154. The van der Waals surface area contributed by atoms with E-state index in [9.17, 15) is 9.59 Å². The molecule has 1 aromatic heterocycles. The Hall–Kier alpha value is -3.06. The van der Waals surface area contributed by atoms with E-state index in [1.54, 1.807) is 0 Å². The molecule has 0 spiro atoms. The van der Waals surface area contributed by atoms with E-state index >= 15 is 0 Å². The number of ether oxygens (including phenoxy) is 1. The summed E-state index contributed by atoms with van der Waals surface area (Å²) in [7, 11) is 0. The molecule has 2 aromatic carbocycles. The fraction of sp³-hybridized carbons (Fsp3) is 0.292. The number of amides is 1. The predicted molar refractivity (Wildman–Crippen MR) is 123 cm³/mol. The highest BCUT2D eigenvalue weighted by molar-refractivity contribution is 7.98. The lowest BCUT2D eigenvalue weighted by Crippen LogP contribution is -2.31. The van der Waals surface area contributed by atoms with Gasteiger partial charge < -0.3 is 15.0 Å². The van der Waals surface area contributed by atoms with Gasteiger partial charge in [0.25, 0.3) is 5.56 Å². The maximum Gasteiger partial charge on any atom is 0.257 e. The zero-order valence-electron chi connectivity index (χ0n) is 17.8. The molecule has 0 saturated carbocycles. The van der Waals surface area contributed by atoms with Crippen LogP contribution in [0, 0.1) is 6.92 Å². The fourth-order valence-electron chi connectivity index (χ4n) is 3.77. The second kappa shape index (κ2) is 8.98. The molecule has 2 heterocycles. The topological polar surface area (TPSA) is 84.1 Å². The number of aromatic nitrogens is 2. The molecule has 0 fully saturated rings. The highest BCUT2D eigenvalue weighted by Crippen LogP contribution is 2.39. The Labute approximate surface area is 185 Å². The van der Waals surface area contributed by atoms with Crippen LogP contribution in [0.4, 0.5) is 5.82 Å². The quantitative estimate of drug-likeness (QED) is 0.436. The SMILES string of the molecule is Cc1cccc(CSc2nc3c(c(=O)[nH]2)C(c2ccccc2OC(C)C)CC(=O)N3)c1. The Balaban J connectivity index is 1.67. The van der Waals surface area contributed by atoms with Crippen molar-refractivity contribution in [3.63, 3.8) is 0 Å². The molecule has 4 rings (SSSR count). The van der Waals surface area contributed by atoms with Crippen LogP contribution in [0.5, 0.6) is 5.75 Å². The van der Waals surface area contributed by atoms with Gasteiger partial charge in [0, 0.05) is 23.7 Å². The van der Waals surface area contributed by atoms with Gasteiger partial charge in [-0.05, 0) is 32.4 Å². The molecule has 0 bridgehead atoms. The number of aryl methyl sites for hydroxylation is 1. The maximum absolute atomic E-state index is 13.1. The van der Waals surface area contributed by atoms with Gasteiger partial charge in [-0.3, -0.25) is 9.59 Å². The van der Waals surface area contributed by atoms with Crippen molar-refractivity contribution in [2.75, 3.05) is 5.32 Å². The summed E-state index contributed by atoms with van der Waals surface area (Å²) in [6, 6.07) is 15.8. The van der Waals surface area contributed by atoms with Crippen LogP contribution in [0.2, 0.25) is 0 Å². The van der Waals surface area contributed by atoms with Crippen LogP contribution in [-0.4, -0.2) is 22.0 Å². The van der Waals surface area contributed by atoms with Gasteiger partial charge in [0.15, 0.2) is 5.16 Å². The third-order valence-corrected chi connectivity index (χ3v) is 5.99. The average molecular weight is 436 g/mol. The molecule has 3 aromatic rings. The lowest BCUT2D eigenvalue weighted by atomic mass is 9.86. The lowest BCUT2D eigenvalue weighted by molar-refractivity contribution is -0.116. The highest BCUT2D eigenvalue weighted by Gasteiger charge is 2.32. The summed E-state index contributed by atoms with van der Waals surface area (Å²) in [4.78, 5) is 33.0.